The van der Waals surface area contributed by atoms with Crippen LogP contribution in [0.3, 0.4) is 0 Å². The average Bonchev–Trinajstić information content (AvgIpc) is 2.84. The Morgan fingerprint density at radius 2 is 2.40 bits per heavy atom. The molecule has 0 unspecified atom stereocenters. The van der Waals surface area contributed by atoms with Gasteiger partial charge < -0.3 is 9.67 Å². The predicted octanol–water partition coefficient (Wildman–Crippen LogP) is 2.17. The highest BCUT2D eigenvalue weighted by Crippen LogP contribution is 2.30. The molecule has 1 heterocycles. The number of aromatic nitrogens is 1. The fraction of sp³-hybridized carbons (Fsp3) is 0.583. The third-order valence-electron chi connectivity index (χ3n) is 3.18. The van der Waals surface area contributed by atoms with Crippen LogP contribution in [0.4, 0.5) is 0 Å². The Kier molecular flexibility index (Phi) is 2.91. The van der Waals surface area contributed by atoms with Gasteiger partial charge >= 0.3 is 0 Å². The molecule has 2 rings (SSSR count). The summed E-state index contributed by atoms with van der Waals surface area (Å²) in [7, 11) is 0. The zero-order valence-electron chi connectivity index (χ0n) is 9.02. The second-order valence-electron chi connectivity index (χ2n) is 4.19. The van der Waals surface area contributed by atoms with Crippen molar-refractivity contribution in [2.24, 2.45) is 0 Å². The van der Waals surface area contributed by atoms with Gasteiger partial charge in [0.15, 0.2) is 5.78 Å². The summed E-state index contributed by atoms with van der Waals surface area (Å²) in [6.07, 6.45) is 7.02. The van der Waals surface area contributed by atoms with E-state index in [2.05, 4.69) is 0 Å². The summed E-state index contributed by atoms with van der Waals surface area (Å²) in [5.74, 6) is 0.168. The van der Waals surface area contributed by atoms with E-state index in [9.17, 15) is 9.90 Å². The molecule has 0 saturated heterocycles. The molecular weight excluding hydrogens is 190 g/mol. The number of ketones is 1. The Bertz CT molecular complexity index is 356. The van der Waals surface area contributed by atoms with E-state index in [4.69, 9.17) is 0 Å². The lowest BCUT2D eigenvalue weighted by Crippen LogP contribution is -2.16. The van der Waals surface area contributed by atoms with Crippen LogP contribution in [-0.2, 0) is 0 Å². The zero-order chi connectivity index (χ0) is 10.8. The van der Waals surface area contributed by atoms with Crippen LogP contribution in [0.2, 0.25) is 0 Å². The summed E-state index contributed by atoms with van der Waals surface area (Å²) in [4.78, 5) is 11.4. The Labute approximate surface area is 89.7 Å². The molecule has 1 N–H and O–H groups in total. The number of hydrogen-bond acceptors (Lipinski definition) is 2. The molecule has 2 atom stereocenters. The van der Waals surface area contributed by atoms with Crippen molar-refractivity contribution in [2.75, 3.05) is 0 Å². The van der Waals surface area contributed by atoms with Crippen LogP contribution in [0.15, 0.2) is 18.5 Å². The first kappa shape index (κ1) is 10.4. The molecule has 82 valence electrons. The minimum Gasteiger partial charge on any atom is -0.391 e. The van der Waals surface area contributed by atoms with Crippen molar-refractivity contribution in [1.82, 2.24) is 4.57 Å². The summed E-state index contributed by atoms with van der Waals surface area (Å²) in [6, 6.07) is 2.01. The van der Waals surface area contributed by atoms with E-state index in [1.807, 2.05) is 30.0 Å². The van der Waals surface area contributed by atoms with Crippen LogP contribution >= 0.6 is 0 Å². The molecule has 0 bridgehead atoms. The molecule has 3 nitrogen and oxygen atoms in total. The molecule has 1 fully saturated rings. The van der Waals surface area contributed by atoms with Gasteiger partial charge in [-0.05, 0) is 25.3 Å². The normalized spacial score (nSPS) is 25.7. The lowest BCUT2D eigenvalue weighted by Gasteiger charge is -2.16. The first-order valence-corrected chi connectivity index (χ1v) is 5.61. The Morgan fingerprint density at radius 3 is 3.00 bits per heavy atom. The maximum absolute atomic E-state index is 11.4. The van der Waals surface area contributed by atoms with E-state index >= 15 is 0 Å². The van der Waals surface area contributed by atoms with Crippen LogP contribution in [0.25, 0.3) is 0 Å². The number of aliphatic hydroxyl groups is 1. The lowest BCUT2D eigenvalue weighted by atomic mass is 10.2. The molecule has 0 spiro atoms. The number of rotatable bonds is 3. The van der Waals surface area contributed by atoms with Crippen molar-refractivity contribution in [1.29, 1.82) is 0 Å². The molecule has 1 aliphatic rings. The smallest absolute Gasteiger partial charge is 0.164 e. The minimum atomic E-state index is -0.248. The van der Waals surface area contributed by atoms with Crippen molar-refractivity contribution < 1.29 is 9.90 Å². The predicted molar refractivity (Wildman–Crippen MR) is 57.9 cm³/mol. The number of carbonyl (C=O) groups excluding carboxylic acids is 1. The largest absolute Gasteiger partial charge is 0.391 e. The summed E-state index contributed by atoms with van der Waals surface area (Å²) < 4.78 is 1.99. The topological polar surface area (TPSA) is 42.2 Å². The summed E-state index contributed by atoms with van der Waals surface area (Å²) in [6.45, 7) is 1.87. The minimum absolute atomic E-state index is 0.168. The Balaban J connectivity index is 2.16. The van der Waals surface area contributed by atoms with Gasteiger partial charge in [0.05, 0.1) is 12.1 Å². The van der Waals surface area contributed by atoms with E-state index in [0.29, 0.717) is 6.42 Å². The van der Waals surface area contributed by atoms with E-state index in [-0.39, 0.29) is 17.9 Å². The summed E-state index contributed by atoms with van der Waals surface area (Å²) in [5, 5.41) is 9.74. The van der Waals surface area contributed by atoms with Crippen molar-refractivity contribution in [3.63, 3.8) is 0 Å². The molecule has 0 radical (unpaired) electrons. The highest BCUT2D eigenvalue weighted by atomic mass is 16.3. The Morgan fingerprint density at radius 1 is 1.60 bits per heavy atom. The fourth-order valence-corrected chi connectivity index (χ4v) is 2.26. The molecule has 0 aliphatic heterocycles. The third kappa shape index (κ3) is 1.97. The van der Waals surface area contributed by atoms with Crippen molar-refractivity contribution >= 4 is 5.78 Å². The maximum atomic E-state index is 11.4. The molecule has 3 heteroatoms. The lowest BCUT2D eigenvalue weighted by molar-refractivity contribution is 0.0987. The second kappa shape index (κ2) is 4.19. The SMILES string of the molecule is CCC(=O)c1ccn([C@@H]2CCC[C@H]2O)c1. The van der Waals surface area contributed by atoms with Gasteiger partial charge in [0.1, 0.15) is 0 Å². The highest BCUT2D eigenvalue weighted by molar-refractivity contribution is 5.95. The summed E-state index contributed by atoms with van der Waals surface area (Å²) in [5.41, 5.74) is 0.761. The van der Waals surface area contributed by atoms with Gasteiger partial charge in [-0.3, -0.25) is 4.79 Å². The van der Waals surface area contributed by atoms with Crippen LogP contribution in [0.1, 0.15) is 49.0 Å². The van der Waals surface area contributed by atoms with E-state index in [1.54, 1.807) is 0 Å². The Hall–Kier alpha value is -1.09. The van der Waals surface area contributed by atoms with Crippen LogP contribution in [-0.4, -0.2) is 21.6 Å². The molecule has 1 aliphatic carbocycles. The van der Waals surface area contributed by atoms with Gasteiger partial charge in [-0.2, -0.15) is 0 Å². The van der Waals surface area contributed by atoms with Gasteiger partial charge in [0, 0.05) is 24.4 Å². The summed E-state index contributed by atoms with van der Waals surface area (Å²) >= 11 is 0. The molecule has 0 amide bonds. The molecule has 15 heavy (non-hydrogen) atoms. The number of nitrogens with zero attached hydrogens (tertiary/aromatic N) is 1. The zero-order valence-corrected chi connectivity index (χ0v) is 9.02. The molecule has 1 aromatic heterocycles. The molecular formula is C12H17NO2. The standard InChI is InChI=1S/C12H17NO2/c1-2-11(14)9-6-7-13(8-9)10-4-3-5-12(10)15/h6-8,10,12,15H,2-5H2,1H3/t10-,12-/m1/s1. The van der Waals surface area contributed by atoms with Gasteiger partial charge in [-0.25, -0.2) is 0 Å². The molecule has 1 aromatic rings. The first-order chi connectivity index (χ1) is 7.22. The maximum Gasteiger partial charge on any atom is 0.164 e. The van der Waals surface area contributed by atoms with Crippen LogP contribution in [0.5, 0.6) is 0 Å². The van der Waals surface area contributed by atoms with E-state index < -0.39 is 0 Å². The van der Waals surface area contributed by atoms with Crippen molar-refractivity contribution in [3.8, 4) is 0 Å². The third-order valence-corrected chi connectivity index (χ3v) is 3.18. The van der Waals surface area contributed by atoms with E-state index in [1.165, 1.54) is 0 Å². The van der Waals surface area contributed by atoms with E-state index in [0.717, 1.165) is 24.8 Å². The number of aliphatic hydroxyl groups excluding tert-OH is 1. The van der Waals surface area contributed by atoms with Gasteiger partial charge in [0.2, 0.25) is 0 Å². The molecule has 1 saturated carbocycles. The quantitative estimate of drug-likeness (QED) is 0.772. The average molecular weight is 207 g/mol. The van der Waals surface area contributed by atoms with Crippen LogP contribution < -0.4 is 0 Å². The van der Waals surface area contributed by atoms with Gasteiger partial charge in [0.25, 0.3) is 0 Å². The fourth-order valence-electron chi connectivity index (χ4n) is 2.26. The number of carbonyl (C=O) groups is 1. The first-order valence-electron chi connectivity index (χ1n) is 5.61. The monoisotopic (exact) mass is 207 g/mol. The van der Waals surface area contributed by atoms with Gasteiger partial charge in [-0.15, -0.1) is 0 Å². The molecule has 0 aromatic carbocycles. The van der Waals surface area contributed by atoms with Crippen molar-refractivity contribution in [2.45, 2.75) is 44.8 Å². The number of Topliss-reactive ketones (excluding diaryl/α,β-unsaturated/α-hetero) is 1. The van der Waals surface area contributed by atoms with Gasteiger partial charge in [-0.1, -0.05) is 6.92 Å². The van der Waals surface area contributed by atoms with Crippen LogP contribution in [0, 0.1) is 0 Å². The van der Waals surface area contributed by atoms with Crippen molar-refractivity contribution in [3.05, 3.63) is 24.0 Å². The second-order valence-corrected chi connectivity index (χ2v) is 4.19. The number of hydrogen-bond donors (Lipinski definition) is 1. The highest BCUT2D eigenvalue weighted by Gasteiger charge is 2.26.